The zero-order valence-corrected chi connectivity index (χ0v) is 12.6. The van der Waals surface area contributed by atoms with Crippen LogP contribution in [0.15, 0.2) is 0 Å². The van der Waals surface area contributed by atoms with Gasteiger partial charge in [0, 0.05) is 5.92 Å². The Kier molecular flexibility index (Phi) is 5.62. The van der Waals surface area contributed by atoms with Crippen LogP contribution in [-0.2, 0) is 14.3 Å². The third kappa shape index (κ3) is 4.32. The van der Waals surface area contributed by atoms with E-state index in [2.05, 4.69) is 6.92 Å². The fourth-order valence-corrected chi connectivity index (χ4v) is 3.45. The SMILES string of the molecule is [CH2-]C1CCC(COC(=O)C2CCC(C(C)=O)CC2)CC1. The summed E-state index contributed by atoms with van der Waals surface area (Å²) in [5.41, 5.74) is 0. The van der Waals surface area contributed by atoms with Crippen LogP contribution in [0, 0.1) is 30.6 Å². The van der Waals surface area contributed by atoms with Crippen molar-refractivity contribution in [2.75, 3.05) is 6.61 Å². The first-order chi connectivity index (χ1) is 9.56. The van der Waals surface area contributed by atoms with Crippen LogP contribution in [0.5, 0.6) is 0 Å². The first-order valence-electron chi connectivity index (χ1n) is 8.06. The molecule has 0 spiro atoms. The molecule has 2 fully saturated rings. The standard InChI is InChI=1S/C17H27O3/c1-12-3-5-14(6-4-12)11-20-17(19)16-9-7-15(8-10-16)13(2)18/h12,14-16H,1,3-11H2,2H3/q-1. The third-order valence-electron chi connectivity index (χ3n) is 5.06. The highest BCUT2D eigenvalue weighted by molar-refractivity contribution is 5.79. The molecule has 0 aromatic carbocycles. The van der Waals surface area contributed by atoms with E-state index in [4.69, 9.17) is 4.74 Å². The molecule has 2 rings (SSSR count). The average molecular weight is 279 g/mol. The van der Waals surface area contributed by atoms with Gasteiger partial charge in [0.05, 0.1) is 12.5 Å². The summed E-state index contributed by atoms with van der Waals surface area (Å²) in [5, 5.41) is 0. The molecule has 0 saturated heterocycles. The van der Waals surface area contributed by atoms with Crippen molar-refractivity contribution in [3.8, 4) is 0 Å². The Bertz CT molecular complexity index is 334. The second-order valence-corrected chi connectivity index (χ2v) is 6.68. The van der Waals surface area contributed by atoms with Crippen LogP contribution < -0.4 is 0 Å². The maximum absolute atomic E-state index is 12.1. The molecule has 0 amide bonds. The zero-order valence-electron chi connectivity index (χ0n) is 12.6. The second-order valence-electron chi connectivity index (χ2n) is 6.68. The molecule has 0 bridgehead atoms. The quantitative estimate of drug-likeness (QED) is 0.583. The van der Waals surface area contributed by atoms with Gasteiger partial charge in [-0.2, -0.15) is 5.92 Å². The predicted molar refractivity (Wildman–Crippen MR) is 77.9 cm³/mol. The van der Waals surface area contributed by atoms with Gasteiger partial charge in [-0.05, 0) is 51.4 Å². The minimum atomic E-state index is -0.0382. The Morgan fingerprint density at radius 1 is 0.950 bits per heavy atom. The van der Waals surface area contributed by atoms with Gasteiger partial charge in [0.1, 0.15) is 5.78 Å². The van der Waals surface area contributed by atoms with E-state index < -0.39 is 0 Å². The Hall–Kier alpha value is -0.860. The molecular weight excluding hydrogens is 252 g/mol. The number of ketones is 1. The van der Waals surface area contributed by atoms with Crippen LogP contribution in [0.3, 0.4) is 0 Å². The van der Waals surface area contributed by atoms with Crippen LogP contribution in [0.25, 0.3) is 0 Å². The molecule has 2 aliphatic rings. The van der Waals surface area contributed by atoms with Gasteiger partial charge in [-0.15, -0.1) is 0 Å². The summed E-state index contributed by atoms with van der Waals surface area (Å²) in [6.07, 6.45) is 7.92. The molecule has 114 valence electrons. The minimum Gasteiger partial charge on any atom is -0.465 e. The van der Waals surface area contributed by atoms with Gasteiger partial charge in [0.2, 0.25) is 0 Å². The Morgan fingerprint density at radius 3 is 2.05 bits per heavy atom. The Balaban J connectivity index is 1.67. The third-order valence-corrected chi connectivity index (χ3v) is 5.06. The van der Waals surface area contributed by atoms with Gasteiger partial charge in [-0.25, -0.2) is 0 Å². The smallest absolute Gasteiger partial charge is 0.308 e. The summed E-state index contributed by atoms with van der Waals surface area (Å²) >= 11 is 0. The molecular formula is C17H27O3-. The van der Waals surface area contributed by atoms with E-state index in [1.165, 1.54) is 0 Å². The molecule has 0 N–H and O–H groups in total. The number of Topliss-reactive ketones (excluding diaryl/α,β-unsaturated/α-hetero) is 1. The molecule has 0 atom stereocenters. The van der Waals surface area contributed by atoms with Crippen molar-refractivity contribution in [2.24, 2.45) is 23.7 Å². The lowest BCUT2D eigenvalue weighted by Crippen LogP contribution is -2.28. The molecule has 0 heterocycles. The summed E-state index contributed by atoms with van der Waals surface area (Å²) in [6, 6.07) is 0. The van der Waals surface area contributed by atoms with Crippen molar-refractivity contribution in [3.63, 3.8) is 0 Å². The predicted octanol–water partition coefficient (Wildman–Crippen LogP) is 3.57. The maximum Gasteiger partial charge on any atom is 0.308 e. The number of hydrogen-bond acceptors (Lipinski definition) is 3. The molecule has 0 radical (unpaired) electrons. The van der Waals surface area contributed by atoms with Gasteiger partial charge in [-0.3, -0.25) is 9.59 Å². The minimum absolute atomic E-state index is 0.0229. The molecule has 20 heavy (non-hydrogen) atoms. The van der Waals surface area contributed by atoms with E-state index in [-0.39, 0.29) is 23.6 Å². The Labute approximate surface area is 122 Å². The monoisotopic (exact) mass is 279 g/mol. The second kappa shape index (κ2) is 7.24. The van der Waals surface area contributed by atoms with Crippen LogP contribution in [0.1, 0.15) is 58.3 Å². The number of carbonyl (C=O) groups is 2. The molecule has 0 aromatic heterocycles. The lowest BCUT2D eigenvalue weighted by molar-refractivity contribution is -0.152. The molecule has 3 heteroatoms. The normalized spacial score (nSPS) is 34.5. The first kappa shape index (κ1) is 15.5. The molecule has 2 saturated carbocycles. The van der Waals surface area contributed by atoms with Crippen molar-refractivity contribution in [1.29, 1.82) is 0 Å². The molecule has 0 aliphatic heterocycles. The van der Waals surface area contributed by atoms with Crippen molar-refractivity contribution in [3.05, 3.63) is 6.92 Å². The van der Waals surface area contributed by atoms with E-state index in [1.807, 2.05) is 0 Å². The highest BCUT2D eigenvalue weighted by Crippen LogP contribution is 2.31. The summed E-state index contributed by atoms with van der Waals surface area (Å²) in [6.45, 7) is 6.32. The largest absolute Gasteiger partial charge is 0.465 e. The first-order valence-corrected chi connectivity index (χ1v) is 8.06. The Morgan fingerprint density at radius 2 is 1.50 bits per heavy atom. The number of esters is 1. The van der Waals surface area contributed by atoms with Crippen molar-refractivity contribution < 1.29 is 14.3 Å². The number of rotatable bonds is 4. The summed E-state index contributed by atoms with van der Waals surface area (Å²) in [7, 11) is 0. The van der Waals surface area contributed by atoms with Crippen molar-refractivity contribution >= 4 is 11.8 Å². The number of hydrogen-bond donors (Lipinski definition) is 0. The van der Waals surface area contributed by atoms with E-state index in [0.29, 0.717) is 18.4 Å². The van der Waals surface area contributed by atoms with Crippen LogP contribution >= 0.6 is 0 Å². The summed E-state index contributed by atoms with van der Waals surface area (Å²) < 4.78 is 5.51. The van der Waals surface area contributed by atoms with Gasteiger partial charge < -0.3 is 11.7 Å². The molecule has 0 unspecified atom stereocenters. The lowest BCUT2D eigenvalue weighted by Gasteiger charge is -2.30. The van der Waals surface area contributed by atoms with E-state index >= 15 is 0 Å². The topological polar surface area (TPSA) is 43.4 Å². The fraction of sp³-hybridized carbons (Fsp3) is 0.824. The van der Waals surface area contributed by atoms with E-state index in [9.17, 15) is 9.59 Å². The van der Waals surface area contributed by atoms with Gasteiger partial charge >= 0.3 is 5.97 Å². The van der Waals surface area contributed by atoms with Gasteiger partial charge in [-0.1, -0.05) is 12.8 Å². The highest BCUT2D eigenvalue weighted by Gasteiger charge is 2.29. The van der Waals surface area contributed by atoms with Crippen LogP contribution in [0.2, 0.25) is 0 Å². The van der Waals surface area contributed by atoms with Gasteiger partial charge in [0.25, 0.3) is 0 Å². The number of carbonyl (C=O) groups excluding carboxylic acids is 2. The van der Waals surface area contributed by atoms with Gasteiger partial charge in [0.15, 0.2) is 0 Å². The van der Waals surface area contributed by atoms with Crippen molar-refractivity contribution in [2.45, 2.75) is 58.3 Å². The summed E-state index contributed by atoms with van der Waals surface area (Å²) in [5.74, 6) is 1.54. The molecule has 3 nitrogen and oxygen atoms in total. The average Bonchev–Trinajstić information content (AvgIpc) is 2.46. The van der Waals surface area contributed by atoms with E-state index in [1.54, 1.807) is 6.92 Å². The highest BCUT2D eigenvalue weighted by atomic mass is 16.5. The molecule has 2 aliphatic carbocycles. The summed E-state index contributed by atoms with van der Waals surface area (Å²) in [4.78, 5) is 23.4. The van der Waals surface area contributed by atoms with E-state index in [0.717, 1.165) is 51.4 Å². The maximum atomic E-state index is 12.1. The van der Waals surface area contributed by atoms with Crippen LogP contribution in [0.4, 0.5) is 0 Å². The lowest BCUT2D eigenvalue weighted by atomic mass is 9.80. The van der Waals surface area contributed by atoms with Crippen molar-refractivity contribution in [1.82, 2.24) is 0 Å². The fourth-order valence-electron chi connectivity index (χ4n) is 3.45. The molecule has 0 aromatic rings. The zero-order chi connectivity index (χ0) is 14.5. The van der Waals surface area contributed by atoms with Crippen LogP contribution in [-0.4, -0.2) is 18.4 Å². The number of ether oxygens (including phenoxy) is 1.